The average molecular weight is 299 g/mol. The molecule has 2 N–H and O–H groups in total. The van der Waals surface area contributed by atoms with Gasteiger partial charge < -0.3 is 14.5 Å². The normalized spacial score (nSPS) is 10.8. The Morgan fingerprint density at radius 1 is 1.59 bits per heavy atom. The topological polar surface area (TPSA) is 79.1 Å². The number of aromatic nitrogens is 2. The first-order valence-corrected chi connectivity index (χ1v) is 5.86. The minimum atomic E-state index is -0.246. The number of aliphatic hydroxyl groups is 1. The lowest BCUT2D eigenvalue weighted by Gasteiger charge is -2.04. The van der Waals surface area contributed by atoms with Gasteiger partial charge in [0.05, 0.1) is 10.7 Å². The maximum atomic E-state index is 11.8. The van der Waals surface area contributed by atoms with E-state index in [-0.39, 0.29) is 12.2 Å². The molecule has 0 amide bonds. The maximum absolute atomic E-state index is 11.8. The molecule has 0 saturated carbocycles. The van der Waals surface area contributed by atoms with E-state index in [2.05, 4.69) is 25.9 Å². The second-order valence-electron chi connectivity index (χ2n) is 3.55. The summed E-state index contributed by atoms with van der Waals surface area (Å²) in [6, 6.07) is 1.73. The number of aliphatic hydroxyl groups excluding tert-OH is 1. The van der Waals surface area contributed by atoms with E-state index < -0.39 is 0 Å². The summed E-state index contributed by atoms with van der Waals surface area (Å²) in [5, 5.41) is 8.86. The van der Waals surface area contributed by atoms with Crippen molar-refractivity contribution in [2.24, 2.45) is 0 Å². The van der Waals surface area contributed by atoms with Gasteiger partial charge in [-0.25, -0.2) is 4.98 Å². The Morgan fingerprint density at radius 3 is 2.88 bits per heavy atom. The third-order valence-electron chi connectivity index (χ3n) is 2.42. The predicted molar refractivity (Wildman–Crippen MR) is 65.8 cm³/mol. The third kappa shape index (κ3) is 2.32. The molecule has 0 aliphatic heterocycles. The van der Waals surface area contributed by atoms with E-state index in [0.29, 0.717) is 29.3 Å². The second-order valence-corrected chi connectivity index (χ2v) is 4.40. The molecule has 2 aromatic heterocycles. The van der Waals surface area contributed by atoms with Crippen LogP contribution in [-0.4, -0.2) is 21.7 Å². The lowest BCUT2D eigenvalue weighted by molar-refractivity contribution is 0.298. The summed E-state index contributed by atoms with van der Waals surface area (Å²) in [4.78, 5) is 18.7. The van der Waals surface area contributed by atoms with E-state index in [9.17, 15) is 4.79 Å². The van der Waals surface area contributed by atoms with E-state index in [1.807, 2.05) is 0 Å². The lowest BCUT2D eigenvalue weighted by atomic mass is 10.2. The van der Waals surface area contributed by atoms with E-state index >= 15 is 0 Å². The highest BCUT2D eigenvalue weighted by molar-refractivity contribution is 9.10. The van der Waals surface area contributed by atoms with Crippen molar-refractivity contribution in [3.8, 4) is 11.6 Å². The number of hydrogen-bond acceptors (Lipinski definition) is 4. The number of aromatic amines is 1. The highest BCUT2D eigenvalue weighted by Gasteiger charge is 2.13. The van der Waals surface area contributed by atoms with Gasteiger partial charge in [-0.1, -0.05) is 0 Å². The van der Waals surface area contributed by atoms with Crippen molar-refractivity contribution in [2.75, 3.05) is 6.61 Å². The highest BCUT2D eigenvalue weighted by Crippen LogP contribution is 2.26. The minimum absolute atomic E-state index is 0.0740. The van der Waals surface area contributed by atoms with Crippen LogP contribution in [0.4, 0.5) is 0 Å². The smallest absolute Gasteiger partial charge is 0.254 e. The van der Waals surface area contributed by atoms with Crippen LogP contribution in [0.5, 0.6) is 0 Å². The van der Waals surface area contributed by atoms with Crippen molar-refractivity contribution in [1.29, 1.82) is 0 Å². The van der Waals surface area contributed by atoms with Gasteiger partial charge in [-0.15, -0.1) is 0 Å². The van der Waals surface area contributed by atoms with Gasteiger partial charge >= 0.3 is 0 Å². The Kier molecular flexibility index (Phi) is 3.44. The van der Waals surface area contributed by atoms with Crippen LogP contribution in [0.25, 0.3) is 11.6 Å². The van der Waals surface area contributed by atoms with Gasteiger partial charge in [0.1, 0.15) is 0 Å². The van der Waals surface area contributed by atoms with E-state index in [1.165, 1.54) is 6.26 Å². The molecule has 0 saturated heterocycles. The van der Waals surface area contributed by atoms with Crippen molar-refractivity contribution < 1.29 is 9.52 Å². The molecule has 0 aliphatic rings. The van der Waals surface area contributed by atoms with Crippen molar-refractivity contribution in [1.82, 2.24) is 9.97 Å². The Bertz CT molecular complexity index is 589. The summed E-state index contributed by atoms with van der Waals surface area (Å²) in [6.45, 7) is 1.66. The molecule has 2 heterocycles. The SMILES string of the molecule is Cc1nc(-c2occc2Br)[nH]c(=O)c1CCO. The number of furan rings is 1. The fourth-order valence-electron chi connectivity index (χ4n) is 1.59. The summed E-state index contributed by atoms with van der Waals surface area (Å²) in [5.74, 6) is 0.867. The number of nitrogens with one attached hydrogen (secondary N) is 1. The quantitative estimate of drug-likeness (QED) is 0.903. The van der Waals surface area contributed by atoms with Crippen molar-refractivity contribution in [3.05, 3.63) is 38.4 Å². The van der Waals surface area contributed by atoms with Crippen molar-refractivity contribution in [2.45, 2.75) is 13.3 Å². The van der Waals surface area contributed by atoms with E-state index in [0.717, 1.165) is 4.47 Å². The first kappa shape index (κ1) is 12.1. The molecule has 2 rings (SSSR count). The number of halogens is 1. The Balaban J connectivity index is 2.53. The molecule has 0 spiro atoms. The van der Waals surface area contributed by atoms with Gasteiger partial charge in [-0.05, 0) is 28.9 Å². The molecule has 0 fully saturated rings. The number of hydrogen-bond donors (Lipinski definition) is 2. The van der Waals surface area contributed by atoms with Crippen LogP contribution in [0.15, 0.2) is 26.0 Å². The second kappa shape index (κ2) is 4.85. The van der Waals surface area contributed by atoms with Gasteiger partial charge in [0.2, 0.25) is 0 Å². The summed E-state index contributed by atoms with van der Waals surface area (Å²) < 4.78 is 5.96. The van der Waals surface area contributed by atoms with Crippen LogP contribution in [0.2, 0.25) is 0 Å². The molecular formula is C11H11BrN2O3. The summed E-state index contributed by atoms with van der Waals surface area (Å²) in [5.41, 5.74) is 0.852. The van der Waals surface area contributed by atoms with Crippen molar-refractivity contribution >= 4 is 15.9 Å². The molecule has 0 aromatic carbocycles. The molecule has 0 atom stereocenters. The fraction of sp³-hybridized carbons (Fsp3) is 0.273. The highest BCUT2D eigenvalue weighted by atomic mass is 79.9. The summed E-state index contributed by atoms with van der Waals surface area (Å²) in [6.07, 6.45) is 1.81. The maximum Gasteiger partial charge on any atom is 0.254 e. The Labute approximate surface area is 106 Å². The summed E-state index contributed by atoms with van der Waals surface area (Å²) in [7, 11) is 0. The monoisotopic (exact) mass is 298 g/mol. The molecule has 90 valence electrons. The Morgan fingerprint density at radius 2 is 2.35 bits per heavy atom. The molecule has 0 aliphatic carbocycles. The number of aryl methyl sites for hydroxylation is 1. The molecule has 0 bridgehead atoms. The van der Waals surface area contributed by atoms with Gasteiger partial charge in [0.25, 0.3) is 5.56 Å². The zero-order chi connectivity index (χ0) is 12.4. The average Bonchev–Trinajstić information content (AvgIpc) is 2.69. The predicted octanol–water partition coefficient (Wildman–Crippen LogP) is 1.64. The minimum Gasteiger partial charge on any atom is -0.460 e. The fourth-order valence-corrected chi connectivity index (χ4v) is 1.98. The number of nitrogens with zero attached hydrogens (tertiary/aromatic N) is 1. The van der Waals surface area contributed by atoms with Gasteiger partial charge in [0.15, 0.2) is 11.6 Å². The largest absolute Gasteiger partial charge is 0.460 e. The van der Waals surface area contributed by atoms with Crippen LogP contribution in [0, 0.1) is 6.92 Å². The molecule has 5 nitrogen and oxygen atoms in total. The number of H-pyrrole nitrogens is 1. The zero-order valence-corrected chi connectivity index (χ0v) is 10.7. The van der Waals surface area contributed by atoms with Gasteiger partial charge in [0, 0.05) is 24.3 Å². The molecule has 0 radical (unpaired) electrons. The summed E-state index contributed by atoms with van der Waals surface area (Å²) >= 11 is 3.31. The van der Waals surface area contributed by atoms with Crippen molar-refractivity contribution in [3.63, 3.8) is 0 Å². The zero-order valence-electron chi connectivity index (χ0n) is 9.16. The van der Waals surface area contributed by atoms with E-state index in [1.54, 1.807) is 13.0 Å². The van der Waals surface area contributed by atoms with Gasteiger partial charge in [-0.2, -0.15) is 0 Å². The molecule has 2 aromatic rings. The first-order chi connectivity index (χ1) is 8.13. The molecular weight excluding hydrogens is 288 g/mol. The molecule has 17 heavy (non-hydrogen) atoms. The Hall–Kier alpha value is -1.40. The number of rotatable bonds is 3. The van der Waals surface area contributed by atoms with Crippen LogP contribution in [-0.2, 0) is 6.42 Å². The first-order valence-electron chi connectivity index (χ1n) is 5.07. The van der Waals surface area contributed by atoms with Crippen LogP contribution >= 0.6 is 15.9 Å². The third-order valence-corrected chi connectivity index (χ3v) is 3.04. The lowest BCUT2D eigenvalue weighted by Crippen LogP contribution is -2.18. The van der Waals surface area contributed by atoms with E-state index in [4.69, 9.17) is 9.52 Å². The van der Waals surface area contributed by atoms with Crippen LogP contribution < -0.4 is 5.56 Å². The molecule has 6 heteroatoms. The standard InChI is InChI=1S/C11H11BrN2O3/c1-6-7(2-4-15)11(16)14-10(13-6)9-8(12)3-5-17-9/h3,5,15H,2,4H2,1H3,(H,13,14,16). The van der Waals surface area contributed by atoms with Crippen LogP contribution in [0.3, 0.4) is 0 Å². The molecule has 0 unspecified atom stereocenters. The van der Waals surface area contributed by atoms with Crippen LogP contribution in [0.1, 0.15) is 11.3 Å². The van der Waals surface area contributed by atoms with Gasteiger partial charge in [-0.3, -0.25) is 4.79 Å².